The summed E-state index contributed by atoms with van der Waals surface area (Å²) in [5, 5.41) is 16.2. The van der Waals surface area contributed by atoms with Gasteiger partial charge in [-0.3, -0.25) is 4.90 Å². The van der Waals surface area contributed by atoms with Crippen LogP contribution in [-0.4, -0.2) is 29.6 Å². The number of piperidine rings is 1. The van der Waals surface area contributed by atoms with E-state index in [0.29, 0.717) is 17.6 Å². The summed E-state index contributed by atoms with van der Waals surface area (Å²) >= 11 is 0. The molecule has 0 spiro atoms. The van der Waals surface area contributed by atoms with E-state index in [2.05, 4.69) is 89.9 Å². The van der Waals surface area contributed by atoms with E-state index < -0.39 is 0 Å². The second kappa shape index (κ2) is 10.4. The lowest BCUT2D eigenvalue weighted by Crippen LogP contribution is -2.43. The Labute approximate surface area is 203 Å². The number of rotatable bonds is 7. The fourth-order valence-corrected chi connectivity index (χ4v) is 5.52. The van der Waals surface area contributed by atoms with E-state index in [1.165, 1.54) is 27.5 Å². The number of hydrogen-bond acceptors (Lipinski definition) is 3. The number of phenolic OH excluding ortho intramolecular Hbond substituents is 1. The molecule has 174 valence electrons. The third kappa shape index (κ3) is 5.16. The maximum absolute atomic E-state index is 9.63. The van der Waals surface area contributed by atoms with E-state index in [1.54, 1.807) is 12.1 Å². The van der Waals surface area contributed by atoms with Crippen molar-refractivity contribution in [3.8, 4) is 5.75 Å². The number of aromatic hydroxyl groups is 1. The fourth-order valence-electron chi connectivity index (χ4n) is 5.52. The molecular formula is C31H34N2O. The summed E-state index contributed by atoms with van der Waals surface area (Å²) in [7, 11) is 0. The van der Waals surface area contributed by atoms with E-state index in [0.717, 1.165) is 32.6 Å². The Morgan fingerprint density at radius 2 is 1.62 bits per heavy atom. The molecule has 5 rings (SSSR count). The first-order valence-electron chi connectivity index (χ1n) is 12.4. The minimum atomic E-state index is 0.287. The third-order valence-electron chi connectivity index (χ3n) is 7.36. The first-order chi connectivity index (χ1) is 16.7. The third-order valence-corrected chi connectivity index (χ3v) is 7.36. The molecule has 2 unspecified atom stereocenters. The Kier molecular flexibility index (Phi) is 6.94. The molecule has 1 saturated heterocycles. The van der Waals surface area contributed by atoms with Gasteiger partial charge in [0.2, 0.25) is 0 Å². The predicted molar refractivity (Wildman–Crippen MR) is 141 cm³/mol. The minimum Gasteiger partial charge on any atom is -0.508 e. The molecule has 0 saturated carbocycles. The summed E-state index contributed by atoms with van der Waals surface area (Å²) in [5.74, 6) is 1.42. The predicted octanol–water partition coefficient (Wildman–Crippen LogP) is 6.50. The molecule has 0 amide bonds. The highest BCUT2D eigenvalue weighted by atomic mass is 16.3. The summed E-state index contributed by atoms with van der Waals surface area (Å²) in [6.07, 6.45) is 1.16. The Balaban J connectivity index is 1.32. The van der Waals surface area contributed by atoms with Crippen molar-refractivity contribution in [3.05, 3.63) is 114 Å². The summed E-state index contributed by atoms with van der Waals surface area (Å²) in [5.41, 5.74) is 4.08. The largest absolute Gasteiger partial charge is 0.508 e. The molecule has 3 atom stereocenters. The van der Waals surface area contributed by atoms with Crippen molar-refractivity contribution in [3.63, 3.8) is 0 Å². The molecule has 1 fully saturated rings. The molecule has 3 nitrogen and oxygen atoms in total. The monoisotopic (exact) mass is 450 g/mol. The van der Waals surface area contributed by atoms with E-state index in [-0.39, 0.29) is 6.04 Å². The van der Waals surface area contributed by atoms with Gasteiger partial charge >= 0.3 is 0 Å². The molecule has 4 aromatic rings. The van der Waals surface area contributed by atoms with Gasteiger partial charge < -0.3 is 10.4 Å². The van der Waals surface area contributed by atoms with Crippen molar-refractivity contribution in [1.29, 1.82) is 0 Å². The zero-order valence-electron chi connectivity index (χ0n) is 19.9. The Bertz CT molecular complexity index is 1200. The van der Waals surface area contributed by atoms with Gasteiger partial charge in [0, 0.05) is 25.7 Å². The minimum absolute atomic E-state index is 0.287. The van der Waals surface area contributed by atoms with Crippen LogP contribution in [0.3, 0.4) is 0 Å². The number of fused-ring (bicyclic) bond motifs is 1. The molecule has 3 heteroatoms. The number of nitrogens with zero attached hydrogens (tertiary/aromatic N) is 1. The summed E-state index contributed by atoms with van der Waals surface area (Å²) in [6, 6.07) is 34.3. The molecule has 0 aromatic heterocycles. The average molecular weight is 451 g/mol. The number of nitrogens with one attached hydrogen (secondary N) is 1. The van der Waals surface area contributed by atoms with Crippen LogP contribution >= 0.6 is 0 Å². The Hall–Kier alpha value is -3.14. The maximum atomic E-state index is 9.63. The van der Waals surface area contributed by atoms with Crippen molar-refractivity contribution in [2.45, 2.75) is 31.8 Å². The average Bonchev–Trinajstić information content (AvgIpc) is 2.89. The van der Waals surface area contributed by atoms with Crippen LogP contribution in [0, 0.1) is 5.92 Å². The second-order valence-electron chi connectivity index (χ2n) is 9.67. The number of phenols is 1. The van der Waals surface area contributed by atoms with Crippen LogP contribution in [0.5, 0.6) is 5.75 Å². The van der Waals surface area contributed by atoms with E-state index in [4.69, 9.17) is 0 Å². The molecule has 1 heterocycles. The fraction of sp³-hybridized carbons (Fsp3) is 0.290. The second-order valence-corrected chi connectivity index (χ2v) is 9.67. The summed E-state index contributed by atoms with van der Waals surface area (Å²) < 4.78 is 0. The van der Waals surface area contributed by atoms with Crippen molar-refractivity contribution < 1.29 is 5.11 Å². The first-order valence-corrected chi connectivity index (χ1v) is 12.4. The van der Waals surface area contributed by atoms with Gasteiger partial charge in [-0.25, -0.2) is 0 Å². The molecule has 0 radical (unpaired) electrons. The van der Waals surface area contributed by atoms with Gasteiger partial charge in [0.1, 0.15) is 5.75 Å². The van der Waals surface area contributed by atoms with Crippen LogP contribution in [0.4, 0.5) is 0 Å². The van der Waals surface area contributed by atoms with Gasteiger partial charge in [0.25, 0.3) is 0 Å². The topological polar surface area (TPSA) is 35.5 Å². The highest BCUT2D eigenvalue weighted by molar-refractivity contribution is 5.86. The van der Waals surface area contributed by atoms with Gasteiger partial charge in [-0.2, -0.15) is 0 Å². The molecule has 1 aliphatic heterocycles. The van der Waals surface area contributed by atoms with Crippen LogP contribution in [0.15, 0.2) is 97.1 Å². The van der Waals surface area contributed by atoms with Gasteiger partial charge in [0.05, 0.1) is 0 Å². The van der Waals surface area contributed by atoms with Crippen molar-refractivity contribution in [2.24, 2.45) is 5.92 Å². The number of hydrogen-bond donors (Lipinski definition) is 2. The normalized spacial score (nSPS) is 19.8. The number of benzene rings is 4. The lowest BCUT2D eigenvalue weighted by molar-refractivity contribution is 0.143. The van der Waals surface area contributed by atoms with Gasteiger partial charge in [-0.1, -0.05) is 84.9 Å². The van der Waals surface area contributed by atoms with Crippen LogP contribution in [0.1, 0.15) is 42.0 Å². The Morgan fingerprint density at radius 1 is 0.882 bits per heavy atom. The van der Waals surface area contributed by atoms with Gasteiger partial charge in [0.15, 0.2) is 0 Å². The van der Waals surface area contributed by atoms with Gasteiger partial charge in [-0.15, -0.1) is 0 Å². The summed E-state index contributed by atoms with van der Waals surface area (Å²) in [6.45, 7) is 6.36. The molecule has 4 aromatic carbocycles. The van der Waals surface area contributed by atoms with Crippen molar-refractivity contribution >= 4 is 10.8 Å². The van der Waals surface area contributed by atoms with E-state index >= 15 is 0 Å². The zero-order chi connectivity index (χ0) is 23.3. The molecule has 1 aliphatic rings. The smallest absolute Gasteiger partial charge is 0.115 e. The lowest BCUT2D eigenvalue weighted by atomic mass is 9.80. The van der Waals surface area contributed by atoms with E-state index in [9.17, 15) is 5.11 Å². The SMILES string of the molecule is C[C@@H](NCC1CN(Cc2ccc(O)cc2)CCC1c1ccccc1)c1cccc2ccccc12. The zero-order valence-corrected chi connectivity index (χ0v) is 19.9. The van der Waals surface area contributed by atoms with Crippen LogP contribution in [0.2, 0.25) is 0 Å². The van der Waals surface area contributed by atoms with Crippen LogP contribution in [-0.2, 0) is 6.54 Å². The first kappa shape index (κ1) is 22.6. The maximum Gasteiger partial charge on any atom is 0.115 e. The van der Waals surface area contributed by atoms with Gasteiger partial charge in [-0.05, 0) is 71.3 Å². The molecular weight excluding hydrogens is 416 g/mol. The molecule has 2 N–H and O–H groups in total. The number of likely N-dealkylation sites (tertiary alicyclic amines) is 1. The quantitative estimate of drug-likeness (QED) is 0.337. The van der Waals surface area contributed by atoms with Crippen molar-refractivity contribution in [2.75, 3.05) is 19.6 Å². The summed E-state index contributed by atoms with van der Waals surface area (Å²) in [4.78, 5) is 2.57. The van der Waals surface area contributed by atoms with Crippen molar-refractivity contribution in [1.82, 2.24) is 10.2 Å². The standard InChI is InChI=1S/C31H34N2O/c1-23(29-13-7-11-26-10-5-6-12-31(26)29)32-20-27-22-33(21-24-14-16-28(34)17-15-24)19-18-30(27)25-8-3-2-4-9-25/h2-17,23,27,30,32,34H,18-22H2,1H3/t23-,27?,30?/m1/s1. The molecule has 0 aliphatic carbocycles. The lowest BCUT2D eigenvalue weighted by Gasteiger charge is -2.39. The molecule has 0 bridgehead atoms. The van der Waals surface area contributed by atoms with Crippen LogP contribution in [0.25, 0.3) is 10.8 Å². The highest BCUT2D eigenvalue weighted by Gasteiger charge is 2.30. The van der Waals surface area contributed by atoms with E-state index in [1.807, 2.05) is 12.1 Å². The van der Waals surface area contributed by atoms with Crippen LogP contribution < -0.4 is 5.32 Å². The Morgan fingerprint density at radius 3 is 2.44 bits per heavy atom. The highest BCUT2D eigenvalue weighted by Crippen LogP contribution is 2.34. The molecule has 34 heavy (non-hydrogen) atoms.